The molecule has 2 aromatic carbocycles. The average Bonchev–Trinajstić information content (AvgIpc) is 3.53. The molecular weight excluding hydrogens is 546 g/mol. The van der Waals surface area contributed by atoms with Gasteiger partial charge in [0, 0.05) is 18.9 Å². The summed E-state index contributed by atoms with van der Waals surface area (Å²) in [5.41, 5.74) is -1.67. The Hall–Kier alpha value is -3.97. The maximum Gasteiger partial charge on any atom is 0.573 e. The molecule has 1 aromatic heterocycles. The first-order chi connectivity index (χ1) is 18.8. The predicted octanol–water partition coefficient (Wildman–Crippen LogP) is 6.16. The maximum atomic E-state index is 13.3. The summed E-state index contributed by atoms with van der Waals surface area (Å²) >= 11 is 0. The molecule has 2 N–H and O–H groups in total. The number of ether oxygens (including phenoxy) is 2. The van der Waals surface area contributed by atoms with Gasteiger partial charge in [-0.05, 0) is 48.2 Å². The monoisotopic (exact) mass is 572 g/mol. The molecule has 0 atom stereocenters. The van der Waals surface area contributed by atoms with Crippen LogP contribution < -0.4 is 20.1 Å². The van der Waals surface area contributed by atoms with Gasteiger partial charge in [0.2, 0.25) is 5.89 Å². The number of hydrogen-bond acceptors (Lipinski definition) is 6. The summed E-state index contributed by atoms with van der Waals surface area (Å²) in [7, 11) is 0. The molecule has 2 amide bonds. The Labute approximate surface area is 225 Å². The summed E-state index contributed by atoms with van der Waals surface area (Å²) in [4.78, 5) is 17.6. The number of carbonyl (C=O) groups excluding carboxylic acids is 1. The molecule has 0 unspecified atom stereocenters. The Morgan fingerprint density at radius 1 is 0.950 bits per heavy atom. The van der Waals surface area contributed by atoms with Crippen LogP contribution in [0.5, 0.6) is 11.5 Å². The summed E-state index contributed by atoms with van der Waals surface area (Å²) in [5, 5.41) is 9.56. The number of benzene rings is 2. The van der Waals surface area contributed by atoms with E-state index in [1.54, 1.807) is 6.92 Å². The summed E-state index contributed by atoms with van der Waals surface area (Å²) in [6.45, 7) is 1.76. The molecule has 1 saturated carbocycles. The van der Waals surface area contributed by atoms with E-state index in [1.807, 2.05) is 0 Å². The molecule has 1 heterocycles. The Bertz CT molecular complexity index is 1250. The molecule has 4 rings (SSSR count). The number of aromatic nitrogens is 2. The van der Waals surface area contributed by atoms with Crippen LogP contribution in [-0.2, 0) is 18.4 Å². The lowest BCUT2D eigenvalue weighted by molar-refractivity contribution is -0.275. The minimum Gasteiger partial charge on any atom is -0.406 e. The van der Waals surface area contributed by atoms with Crippen molar-refractivity contribution in [3.63, 3.8) is 0 Å². The summed E-state index contributed by atoms with van der Waals surface area (Å²) in [5.74, 6) is -0.889. The predicted molar refractivity (Wildman–Crippen MR) is 128 cm³/mol. The molecule has 8 nitrogen and oxygen atoms in total. The van der Waals surface area contributed by atoms with E-state index in [9.17, 15) is 31.1 Å². The van der Waals surface area contributed by atoms with Gasteiger partial charge in [0.15, 0.2) is 5.82 Å². The number of alkyl halides is 6. The first-order valence-electron chi connectivity index (χ1n) is 12.5. The fourth-order valence-corrected chi connectivity index (χ4v) is 4.70. The second-order valence-corrected chi connectivity index (χ2v) is 9.27. The van der Waals surface area contributed by atoms with Crippen molar-refractivity contribution in [2.75, 3.05) is 0 Å². The zero-order valence-electron chi connectivity index (χ0n) is 21.2. The lowest BCUT2D eigenvalue weighted by Crippen LogP contribution is -2.53. The van der Waals surface area contributed by atoms with E-state index in [-0.39, 0.29) is 35.3 Å². The molecule has 3 aromatic rings. The fraction of sp³-hybridized carbons (Fsp3) is 0.423. The van der Waals surface area contributed by atoms with Crippen LogP contribution in [0.2, 0.25) is 0 Å². The quantitative estimate of drug-likeness (QED) is 0.298. The van der Waals surface area contributed by atoms with Crippen molar-refractivity contribution in [2.45, 2.75) is 69.8 Å². The highest BCUT2D eigenvalue weighted by molar-refractivity contribution is 5.76. The van der Waals surface area contributed by atoms with Crippen LogP contribution in [0.25, 0.3) is 0 Å². The molecule has 1 aliphatic carbocycles. The Morgan fingerprint density at radius 2 is 1.50 bits per heavy atom. The number of carbonyl (C=O) groups is 1. The fourth-order valence-electron chi connectivity index (χ4n) is 4.70. The van der Waals surface area contributed by atoms with Gasteiger partial charge in [0.1, 0.15) is 11.5 Å². The van der Waals surface area contributed by atoms with Crippen molar-refractivity contribution >= 4 is 6.03 Å². The molecule has 1 fully saturated rings. The van der Waals surface area contributed by atoms with Crippen LogP contribution in [0.4, 0.5) is 31.1 Å². The Kier molecular flexibility index (Phi) is 8.45. The van der Waals surface area contributed by atoms with Gasteiger partial charge in [-0.15, -0.1) is 26.3 Å². The van der Waals surface area contributed by atoms with Crippen LogP contribution in [0.3, 0.4) is 0 Å². The van der Waals surface area contributed by atoms with Crippen LogP contribution >= 0.6 is 0 Å². The highest BCUT2D eigenvalue weighted by Crippen LogP contribution is 2.38. The number of aryl methyl sites for hydroxylation is 1. The number of amides is 2. The van der Waals surface area contributed by atoms with Crippen LogP contribution in [-0.4, -0.2) is 34.9 Å². The van der Waals surface area contributed by atoms with Gasteiger partial charge in [0.05, 0.1) is 5.54 Å². The largest absolute Gasteiger partial charge is 0.573 e. The van der Waals surface area contributed by atoms with Crippen molar-refractivity contribution in [1.29, 1.82) is 0 Å². The van der Waals surface area contributed by atoms with Crippen LogP contribution in [0.15, 0.2) is 53.1 Å². The SMILES string of the molecule is CCc1nc(CC(NC(=O)NC2CCCC2)(c2cccc(OC(F)(F)F)c2)c2cccc(OC(F)(F)F)c2)no1. The zero-order chi connectivity index (χ0) is 29.0. The minimum absolute atomic E-state index is 0.0577. The van der Waals surface area contributed by atoms with Crippen molar-refractivity contribution in [3.8, 4) is 11.5 Å². The van der Waals surface area contributed by atoms with Crippen molar-refractivity contribution in [1.82, 2.24) is 20.8 Å². The van der Waals surface area contributed by atoms with Crippen LogP contribution in [0.1, 0.15) is 55.4 Å². The van der Waals surface area contributed by atoms with Gasteiger partial charge < -0.3 is 24.6 Å². The van der Waals surface area contributed by atoms with E-state index in [0.717, 1.165) is 49.9 Å². The van der Waals surface area contributed by atoms with E-state index in [2.05, 4.69) is 30.2 Å². The number of nitrogens with zero attached hydrogens (tertiary/aromatic N) is 2. The van der Waals surface area contributed by atoms with E-state index in [1.165, 1.54) is 24.3 Å². The molecule has 0 spiro atoms. The van der Waals surface area contributed by atoms with E-state index in [4.69, 9.17) is 4.52 Å². The Balaban J connectivity index is 1.87. The first-order valence-corrected chi connectivity index (χ1v) is 12.5. The standard InChI is InChI=1S/C26H26F6N4O4/c1-2-22-34-21(36-40-22)15-24(35-23(37)33-18-9-3-4-10-18,16-7-5-11-19(13-16)38-25(27,28)29)17-8-6-12-20(14-17)39-26(30,31)32/h5-8,11-14,18H,2-4,9-10,15H2,1H3,(H2,33,35,37). The average molecular weight is 573 g/mol. The highest BCUT2D eigenvalue weighted by atomic mass is 19.4. The van der Waals surface area contributed by atoms with Gasteiger partial charge >= 0.3 is 18.8 Å². The van der Waals surface area contributed by atoms with E-state index in [0.29, 0.717) is 6.42 Å². The molecule has 0 saturated heterocycles. The van der Waals surface area contributed by atoms with Gasteiger partial charge in [-0.25, -0.2) is 4.79 Å². The summed E-state index contributed by atoms with van der Waals surface area (Å²) < 4.78 is 91.8. The molecule has 0 radical (unpaired) electrons. The van der Waals surface area contributed by atoms with Crippen molar-refractivity contribution in [2.24, 2.45) is 0 Å². The maximum absolute atomic E-state index is 13.3. The summed E-state index contributed by atoms with van der Waals surface area (Å²) in [6.07, 6.45) is -6.67. The molecule has 216 valence electrons. The minimum atomic E-state index is -5.02. The Morgan fingerprint density at radius 3 is 1.98 bits per heavy atom. The number of rotatable bonds is 9. The number of urea groups is 1. The molecule has 40 heavy (non-hydrogen) atoms. The molecule has 14 heteroatoms. The lowest BCUT2D eigenvalue weighted by atomic mass is 9.79. The first kappa shape index (κ1) is 29.0. The van der Waals surface area contributed by atoms with Gasteiger partial charge in [-0.2, -0.15) is 4.98 Å². The highest BCUT2D eigenvalue weighted by Gasteiger charge is 2.41. The third-order valence-electron chi connectivity index (χ3n) is 6.37. The van der Waals surface area contributed by atoms with Gasteiger partial charge in [0.25, 0.3) is 0 Å². The second kappa shape index (κ2) is 11.6. The molecule has 0 aliphatic heterocycles. The van der Waals surface area contributed by atoms with Crippen LogP contribution in [0, 0.1) is 0 Å². The topological polar surface area (TPSA) is 98.5 Å². The van der Waals surface area contributed by atoms with Crippen molar-refractivity contribution < 1.29 is 45.1 Å². The molecular formula is C26H26F6N4O4. The third kappa shape index (κ3) is 7.57. The molecule has 0 bridgehead atoms. The number of nitrogens with one attached hydrogen (secondary N) is 2. The lowest BCUT2D eigenvalue weighted by Gasteiger charge is -2.36. The molecule has 1 aliphatic rings. The summed E-state index contributed by atoms with van der Waals surface area (Å²) in [6, 6.07) is 8.75. The smallest absolute Gasteiger partial charge is 0.406 e. The third-order valence-corrected chi connectivity index (χ3v) is 6.37. The van der Waals surface area contributed by atoms with Gasteiger partial charge in [-0.3, -0.25) is 0 Å². The second-order valence-electron chi connectivity index (χ2n) is 9.27. The van der Waals surface area contributed by atoms with E-state index >= 15 is 0 Å². The van der Waals surface area contributed by atoms with Gasteiger partial charge in [-0.1, -0.05) is 49.2 Å². The normalized spacial score (nSPS) is 14.7. The number of hydrogen-bond donors (Lipinski definition) is 2. The zero-order valence-corrected chi connectivity index (χ0v) is 21.2. The van der Waals surface area contributed by atoms with E-state index < -0.39 is 35.8 Å². The van der Waals surface area contributed by atoms with Crippen molar-refractivity contribution in [3.05, 3.63) is 71.4 Å². The number of halogens is 6.